The number of halogens is 1. The summed E-state index contributed by atoms with van der Waals surface area (Å²) >= 11 is 1.16. The lowest BCUT2D eigenvalue weighted by Crippen LogP contribution is -2.36. The lowest BCUT2D eigenvalue weighted by molar-refractivity contribution is -0.117. The maximum absolute atomic E-state index is 13.8. The maximum atomic E-state index is 13.8. The molecule has 2 aromatic carbocycles. The van der Waals surface area contributed by atoms with E-state index in [1.54, 1.807) is 30.0 Å². The largest absolute Gasteiger partial charge is 0.411 e. The molecule has 1 heterocycles. The van der Waals surface area contributed by atoms with Crippen LogP contribution in [0.3, 0.4) is 0 Å². The number of amides is 1. The summed E-state index contributed by atoms with van der Waals surface area (Å²) in [7, 11) is 0. The zero-order valence-corrected chi connectivity index (χ0v) is 15.2. The van der Waals surface area contributed by atoms with E-state index in [-0.39, 0.29) is 22.6 Å². The smallest absolute Gasteiger partial charge is 0.277 e. The summed E-state index contributed by atoms with van der Waals surface area (Å²) in [6, 6.07) is 15.7. The summed E-state index contributed by atoms with van der Waals surface area (Å²) in [5.74, 6) is -0.395. The number of para-hydroxylation sites is 1. The molecule has 7 heteroatoms. The highest BCUT2D eigenvalue weighted by Gasteiger charge is 2.24. The summed E-state index contributed by atoms with van der Waals surface area (Å²) in [6.45, 7) is 4.26. The minimum absolute atomic E-state index is 0.0608. The molecule has 3 rings (SSSR count). The molecular formula is C19H18FN3O2S. The van der Waals surface area contributed by atoms with Gasteiger partial charge in [0.15, 0.2) is 0 Å². The van der Waals surface area contributed by atoms with Gasteiger partial charge in [-0.2, -0.15) is 0 Å². The molecule has 1 amide bonds. The van der Waals surface area contributed by atoms with E-state index in [0.29, 0.717) is 6.54 Å². The monoisotopic (exact) mass is 371 g/mol. The van der Waals surface area contributed by atoms with Crippen LogP contribution in [-0.2, 0) is 4.79 Å². The van der Waals surface area contributed by atoms with Crippen LogP contribution in [0.5, 0.6) is 0 Å². The molecule has 1 aromatic heterocycles. The second-order valence-corrected chi connectivity index (χ2v) is 6.82. The van der Waals surface area contributed by atoms with Gasteiger partial charge in [0, 0.05) is 12.2 Å². The number of anilines is 1. The number of rotatable bonds is 6. The molecule has 0 aliphatic carbocycles. The third-order valence-corrected chi connectivity index (χ3v) is 4.71. The standard InChI is InChI=1S/C19H18FN3O2S/c1-3-23(14-9-5-4-6-10-14)18(24)13(2)26-19-22-21-17(25-19)15-11-7-8-12-16(15)20/h4-13H,3H2,1-2H3/t13-/m1/s1. The van der Waals surface area contributed by atoms with Crippen molar-refractivity contribution in [2.24, 2.45) is 0 Å². The van der Waals surface area contributed by atoms with Crippen molar-refractivity contribution in [2.75, 3.05) is 11.4 Å². The Balaban J connectivity index is 1.73. The first-order valence-electron chi connectivity index (χ1n) is 8.21. The molecule has 0 N–H and O–H groups in total. The van der Waals surface area contributed by atoms with Crippen molar-refractivity contribution < 1.29 is 13.6 Å². The first-order chi connectivity index (χ1) is 12.6. The Kier molecular flexibility index (Phi) is 5.68. The van der Waals surface area contributed by atoms with Gasteiger partial charge in [0.05, 0.1) is 10.8 Å². The highest BCUT2D eigenvalue weighted by molar-refractivity contribution is 8.00. The second kappa shape index (κ2) is 8.14. The first-order valence-corrected chi connectivity index (χ1v) is 9.09. The fourth-order valence-electron chi connectivity index (χ4n) is 2.50. The molecule has 0 radical (unpaired) electrons. The normalized spacial score (nSPS) is 12.0. The molecule has 0 unspecified atom stereocenters. The Labute approximate surface area is 155 Å². The van der Waals surface area contributed by atoms with Gasteiger partial charge >= 0.3 is 0 Å². The van der Waals surface area contributed by atoms with Crippen molar-refractivity contribution in [1.29, 1.82) is 0 Å². The zero-order valence-electron chi connectivity index (χ0n) is 14.4. The highest BCUT2D eigenvalue weighted by atomic mass is 32.2. The number of carbonyl (C=O) groups is 1. The summed E-state index contributed by atoms with van der Waals surface area (Å²) in [5, 5.41) is 7.61. The maximum Gasteiger partial charge on any atom is 0.277 e. The van der Waals surface area contributed by atoms with Crippen LogP contribution in [0.4, 0.5) is 10.1 Å². The molecule has 134 valence electrons. The van der Waals surface area contributed by atoms with Crippen LogP contribution < -0.4 is 4.90 Å². The lowest BCUT2D eigenvalue weighted by Gasteiger charge is -2.23. The first kappa shape index (κ1) is 18.1. The third kappa shape index (κ3) is 3.94. The number of hydrogen-bond donors (Lipinski definition) is 0. The molecule has 3 aromatic rings. The fourth-order valence-corrected chi connectivity index (χ4v) is 3.24. The van der Waals surface area contributed by atoms with Crippen LogP contribution in [0.15, 0.2) is 64.2 Å². The van der Waals surface area contributed by atoms with Crippen LogP contribution in [0.2, 0.25) is 0 Å². The van der Waals surface area contributed by atoms with Gasteiger partial charge in [0.2, 0.25) is 5.91 Å². The molecule has 1 atom stereocenters. The Morgan fingerprint density at radius 3 is 2.54 bits per heavy atom. The summed E-state index contributed by atoms with van der Waals surface area (Å²) < 4.78 is 19.3. The number of thioether (sulfide) groups is 1. The van der Waals surface area contributed by atoms with Crippen molar-refractivity contribution in [3.8, 4) is 11.5 Å². The van der Waals surface area contributed by atoms with Crippen LogP contribution in [0.25, 0.3) is 11.5 Å². The van der Waals surface area contributed by atoms with Crippen molar-refractivity contribution in [1.82, 2.24) is 10.2 Å². The predicted octanol–water partition coefficient (Wildman–Crippen LogP) is 4.41. The molecule has 0 spiro atoms. The number of aromatic nitrogens is 2. The van der Waals surface area contributed by atoms with E-state index >= 15 is 0 Å². The number of benzene rings is 2. The van der Waals surface area contributed by atoms with Crippen molar-refractivity contribution in [2.45, 2.75) is 24.3 Å². The zero-order chi connectivity index (χ0) is 18.5. The summed E-state index contributed by atoms with van der Waals surface area (Å²) in [4.78, 5) is 14.5. The average molecular weight is 371 g/mol. The Morgan fingerprint density at radius 2 is 1.85 bits per heavy atom. The molecule has 0 saturated carbocycles. The Hall–Kier alpha value is -2.67. The van der Waals surface area contributed by atoms with Crippen LogP contribution >= 0.6 is 11.8 Å². The van der Waals surface area contributed by atoms with Gasteiger partial charge in [-0.25, -0.2) is 4.39 Å². The molecule has 0 fully saturated rings. The van der Waals surface area contributed by atoms with E-state index in [4.69, 9.17) is 4.42 Å². The topological polar surface area (TPSA) is 59.2 Å². The van der Waals surface area contributed by atoms with Gasteiger partial charge in [-0.15, -0.1) is 10.2 Å². The van der Waals surface area contributed by atoms with Gasteiger partial charge in [-0.3, -0.25) is 4.79 Å². The predicted molar refractivity (Wildman–Crippen MR) is 99.5 cm³/mol. The Bertz CT molecular complexity index is 885. The molecule has 26 heavy (non-hydrogen) atoms. The number of nitrogens with zero attached hydrogens (tertiary/aromatic N) is 3. The molecule has 0 saturated heterocycles. The minimum Gasteiger partial charge on any atom is -0.411 e. The SMILES string of the molecule is CCN(C(=O)[C@@H](C)Sc1nnc(-c2ccccc2F)o1)c1ccccc1. The average Bonchev–Trinajstić information content (AvgIpc) is 3.11. The van der Waals surface area contributed by atoms with E-state index < -0.39 is 11.1 Å². The van der Waals surface area contributed by atoms with Gasteiger partial charge < -0.3 is 9.32 Å². The third-order valence-electron chi connectivity index (χ3n) is 3.79. The molecule has 0 aliphatic heterocycles. The fraction of sp³-hybridized carbons (Fsp3) is 0.211. The minimum atomic E-state index is -0.432. The summed E-state index contributed by atoms with van der Waals surface area (Å²) in [5.41, 5.74) is 1.08. The second-order valence-electron chi connectivity index (χ2n) is 5.53. The van der Waals surface area contributed by atoms with Crippen LogP contribution in [0, 0.1) is 5.82 Å². The molecule has 0 bridgehead atoms. The van der Waals surface area contributed by atoms with Gasteiger partial charge in [-0.1, -0.05) is 42.1 Å². The van der Waals surface area contributed by atoms with Gasteiger partial charge in [-0.05, 0) is 38.1 Å². The van der Waals surface area contributed by atoms with E-state index in [1.165, 1.54) is 6.07 Å². The molecule has 0 aliphatic rings. The van der Waals surface area contributed by atoms with Crippen LogP contribution in [-0.4, -0.2) is 27.9 Å². The van der Waals surface area contributed by atoms with Gasteiger partial charge in [0.1, 0.15) is 5.82 Å². The quantitative estimate of drug-likeness (QED) is 0.601. The van der Waals surface area contributed by atoms with Crippen LogP contribution in [0.1, 0.15) is 13.8 Å². The van der Waals surface area contributed by atoms with Gasteiger partial charge in [0.25, 0.3) is 11.1 Å². The highest BCUT2D eigenvalue weighted by Crippen LogP contribution is 2.29. The van der Waals surface area contributed by atoms with E-state index in [2.05, 4.69) is 10.2 Å². The number of hydrogen-bond acceptors (Lipinski definition) is 5. The van der Waals surface area contributed by atoms with E-state index in [1.807, 2.05) is 37.3 Å². The number of carbonyl (C=O) groups excluding carboxylic acids is 1. The van der Waals surface area contributed by atoms with E-state index in [9.17, 15) is 9.18 Å². The van der Waals surface area contributed by atoms with Crippen molar-refractivity contribution in [3.05, 3.63) is 60.4 Å². The lowest BCUT2D eigenvalue weighted by atomic mass is 10.2. The molecular weight excluding hydrogens is 353 g/mol. The van der Waals surface area contributed by atoms with Crippen molar-refractivity contribution >= 4 is 23.4 Å². The van der Waals surface area contributed by atoms with E-state index in [0.717, 1.165) is 17.4 Å². The molecule has 5 nitrogen and oxygen atoms in total. The summed E-state index contributed by atoms with van der Waals surface area (Å²) in [6.07, 6.45) is 0. The Morgan fingerprint density at radius 1 is 1.15 bits per heavy atom. The van der Waals surface area contributed by atoms with Crippen molar-refractivity contribution in [3.63, 3.8) is 0 Å².